The third kappa shape index (κ3) is 2.65. The van der Waals surface area contributed by atoms with Gasteiger partial charge in [0.05, 0.1) is 5.69 Å². The lowest BCUT2D eigenvalue weighted by Crippen LogP contribution is -2.43. The first kappa shape index (κ1) is 16.7. The minimum Gasteiger partial charge on any atom is -0.480 e. The Bertz CT molecular complexity index is 864. The normalized spacial score (nSPS) is 24.7. The van der Waals surface area contributed by atoms with Gasteiger partial charge in [0.25, 0.3) is 5.91 Å². The SMILES string of the molecule is Cc1nc(C(=O)N2CC3CCCC3C2C(=O)O)nn1-c1ccc(F)cc1. The molecule has 1 saturated carbocycles. The third-order valence-corrected chi connectivity index (χ3v) is 5.44. The number of nitrogens with zero attached hydrogens (tertiary/aromatic N) is 4. The maximum absolute atomic E-state index is 13.1. The summed E-state index contributed by atoms with van der Waals surface area (Å²) in [6.07, 6.45) is 2.80. The van der Waals surface area contributed by atoms with Crippen molar-refractivity contribution in [1.82, 2.24) is 19.7 Å². The lowest BCUT2D eigenvalue weighted by Gasteiger charge is -2.23. The zero-order valence-corrected chi connectivity index (χ0v) is 14.3. The van der Waals surface area contributed by atoms with Gasteiger partial charge in [0, 0.05) is 6.54 Å². The molecule has 7 nitrogen and oxygen atoms in total. The molecule has 0 spiro atoms. The number of aliphatic carboxylic acids is 1. The second kappa shape index (κ2) is 6.19. The first-order valence-electron chi connectivity index (χ1n) is 8.69. The molecule has 2 aliphatic rings. The average molecular weight is 358 g/mol. The molecule has 1 aromatic heterocycles. The van der Waals surface area contributed by atoms with E-state index in [1.165, 1.54) is 21.7 Å². The topological polar surface area (TPSA) is 88.3 Å². The van der Waals surface area contributed by atoms with Crippen molar-refractivity contribution < 1.29 is 19.1 Å². The fourth-order valence-corrected chi connectivity index (χ4v) is 4.27. The Morgan fingerprint density at radius 3 is 2.65 bits per heavy atom. The number of likely N-dealkylation sites (tertiary alicyclic amines) is 1. The molecule has 4 rings (SSSR count). The molecular formula is C18H19FN4O3. The summed E-state index contributed by atoms with van der Waals surface area (Å²) in [6.45, 7) is 2.13. The number of aromatic nitrogens is 3. The standard InChI is InChI=1S/C18H19FN4O3/c1-10-20-16(21-23(10)13-7-5-12(19)6-8-13)17(24)22-9-11-3-2-4-14(11)15(22)18(25)26/h5-8,11,14-15H,2-4,9H2,1H3,(H,25,26). The highest BCUT2D eigenvalue weighted by atomic mass is 19.1. The fraction of sp³-hybridized carbons (Fsp3) is 0.444. The Labute approximate surface area is 149 Å². The number of hydrogen-bond acceptors (Lipinski definition) is 4. The maximum atomic E-state index is 13.1. The Balaban J connectivity index is 1.63. The van der Waals surface area contributed by atoms with E-state index in [2.05, 4.69) is 10.1 Å². The molecule has 26 heavy (non-hydrogen) atoms. The van der Waals surface area contributed by atoms with Crippen LogP contribution < -0.4 is 0 Å². The van der Waals surface area contributed by atoms with Crippen LogP contribution in [0.1, 0.15) is 35.7 Å². The number of amides is 1. The Morgan fingerprint density at radius 2 is 1.96 bits per heavy atom. The predicted octanol–water partition coefficient (Wildman–Crippen LogP) is 2.04. The van der Waals surface area contributed by atoms with Crippen molar-refractivity contribution in [2.75, 3.05) is 6.54 Å². The molecule has 2 heterocycles. The van der Waals surface area contributed by atoms with Crippen molar-refractivity contribution in [1.29, 1.82) is 0 Å². The van der Waals surface area contributed by atoms with E-state index in [0.717, 1.165) is 19.3 Å². The molecule has 2 aromatic rings. The third-order valence-electron chi connectivity index (χ3n) is 5.44. The van der Waals surface area contributed by atoms with Crippen LogP contribution in [0.3, 0.4) is 0 Å². The van der Waals surface area contributed by atoms with E-state index >= 15 is 0 Å². The van der Waals surface area contributed by atoms with Gasteiger partial charge in [-0.2, -0.15) is 0 Å². The van der Waals surface area contributed by atoms with Crippen molar-refractivity contribution in [2.24, 2.45) is 11.8 Å². The van der Waals surface area contributed by atoms with Gasteiger partial charge >= 0.3 is 5.97 Å². The Hall–Kier alpha value is -2.77. The van der Waals surface area contributed by atoms with E-state index in [9.17, 15) is 19.1 Å². The lowest BCUT2D eigenvalue weighted by molar-refractivity contribution is -0.142. The van der Waals surface area contributed by atoms with Gasteiger partial charge in [0.15, 0.2) is 0 Å². The summed E-state index contributed by atoms with van der Waals surface area (Å²) >= 11 is 0. The zero-order chi connectivity index (χ0) is 18.4. The Morgan fingerprint density at radius 1 is 1.23 bits per heavy atom. The molecule has 2 fully saturated rings. The van der Waals surface area contributed by atoms with Crippen molar-refractivity contribution in [3.63, 3.8) is 0 Å². The zero-order valence-electron chi connectivity index (χ0n) is 14.3. The molecule has 8 heteroatoms. The molecule has 1 aromatic carbocycles. The number of carboxylic acid groups (broad SMARTS) is 1. The number of halogens is 1. The number of fused-ring (bicyclic) bond motifs is 1. The van der Waals surface area contributed by atoms with Gasteiger partial charge in [0.2, 0.25) is 5.82 Å². The van der Waals surface area contributed by atoms with Gasteiger partial charge in [-0.15, -0.1) is 5.10 Å². The molecule has 136 valence electrons. The van der Waals surface area contributed by atoms with Gasteiger partial charge in [-0.25, -0.2) is 18.9 Å². The van der Waals surface area contributed by atoms with E-state index in [1.807, 2.05) is 0 Å². The number of carbonyl (C=O) groups excluding carboxylic acids is 1. The smallest absolute Gasteiger partial charge is 0.326 e. The van der Waals surface area contributed by atoms with Gasteiger partial charge in [0.1, 0.15) is 17.7 Å². The molecule has 3 atom stereocenters. The highest BCUT2D eigenvalue weighted by Crippen LogP contribution is 2.42. The van der Waals surface area contributed by atoms with Crippen molar-refractivity contribution in [3.8, 4) is 5.69 Å². The minimum absolute atomic E-state index is 0.0109. The van der Waals surface area contributed by atoms with Crippen molar-refractivity contribution in [3.05, 3.63) is 41.7 Å². The molecule has 1 aliphatic carbocycles. The first-order valence-corrected chi connectivity index (χ1v) is 8.69. The second-order valence-electron chi connectivity index (χ2n) is 6.97. The van der Waals surface area contributed by atoms with Crippen LogP contribution in [0, 0.1) is 24.6 Å². The molecular weight excluding hydrogens is 339 g/mol. The summed E-state index contributed by atoms with van der Waals surface area (Å²) in [5, 5.41) is 13.9. The van der Waals surface area contributed by atoms with Gasteiger partial charge in [-0.3, -0.25) is 4.79 Å². The van der Waals surface area contributed by atoms with Crippen LogP contribution in [0.5, 0.6) is 0 Å². The second-order valence-corrected chi connectivity index (χ2v) is 6.97. The minimum atomic E-state index is -0.970. The van der Waals surface area contributed by atoms with Gasteiger partial charge in [-0.05, 0) is 55.9 Å². The monoisotopic (exact) mass is 358 g/mol. The predicted molar refractivity (Wildman–Crippen MR) is 89.3 cm³/mol. The van der Waals surface area contributed by atoms with Gasteiger partial charge in [-0.1, -0.05) is 6.42 Å². The average Bonchev–Trinajstić information content (AvgIpc) is 3.28. The van der Waals surface area contributed by atoms with Crippen molar-refractivity contribution in [2.45, 2.75) is 32.2 Å². The highest BCUT2D eigenvalue weighted by Gasteiger charge is 2.50. The summed E-state index contributed by atoms with van der Waals surface area (Å²) in [5.41, 5.74) is 0.587. The van der Waals surface area contributed by atoms with E-state index in [4.69, 9.17) is 0 Å². The highest BCUT2D eigenvalue weighted by molar-refractivity contribution is 5.94. The molecule has 1 aliphatic heterocycles. The van der Waals surface area contributed by atoms with Crippen LogP contribution in [-0.4, -0.2) is 49.2 Å². The van der Waals surface area contributed by atoms with E-state index in [1.54, 1.807) is 19.1 Å². The fourth-order valence-electron chi connectivity index (χ4n) is 4.27. The van der Waals surface area contributed by atoms with Crippen LogP contribution in [-0.2, 0) is 4.79 Å². The maximum Gasteiger partial charge on any atom is 0.326 e. The first-order chi connectivity index (χ1) is 12.5. The molecule has 3 unspecified atom stereocenters. The van der Waals surface area contributed by atoms with Gasteiger partial charge < -0.3 is 10.0 Å². The van der Waals surface area contributed by atoms with Crippen LogP contribution in [0.25, 0.3) is 5.69 Å². The van der Waals surface area contributed by atoms with E-state index in [-0.39, 0.29) is 23.5 Å². The number of carbonyl (C=O) groups is 2. The van der Waals surface area contributed by atoms with E-state index < -0.39 is 17.9 Å². The largest absolute Gasteiger partial charge is 0.480 e. The van der Waals surface area contributed by atoms with Crippen LogP contribution in [0.4, 0.5) is 4.39 Å². The quantitative estimate of drug-likeness (QED) is 0.907. The van der Waals surface area contributed by atoms with E-state index in [0.29, 0.717) is 18.1 Å². The summed E-state index contributed by atoms with van der Waals surface area (Å²) in [5.74, 6) is -1.10. The summed E-state index contributed by atoms with van der Waals surface area (Å²) in [4.78, 5) is 30.3. The number of benzene rings is 1. The number of carboxylic acids is 1. The summed E-state index contributed by atoms with van der Waals surface area (Å²) < 4.78 is 14.6. The van der Waals surface area contributed by atoms with Crippen molar-refractivity contribution >= 4 is 11.9 Å². The van der Waals surface area contributed by atoms with Crippen LogP contribution in [0.2, 0.25) is 0 Å². The lowest BCUT2D eigenvalue weighted by atomic mass is 9.94. The molecule has 0 bridgehead atoms. The molecule has 1 saturated heterocycles. The van der Waals surface area contributed by atoms with Crippen LogP contribution >= 0.6 is 0 Å². The number of aryl methyl sites for hydroxylation is 1. The number of rotatable bonds is 3. The summed E-state index contributed by atoms with van der Waals surface area (Å²) in [6, 6.07) is 4.89. The molecule has 1 N–H and O–H groups in total. The Kier molecular flexibility index (Phi) is 3.97. The molecule has 0 radical (unpaired) electrons. The molecule has 1 amide bonds. The van der Waals surface area contributed by atoms with Crippen LogP contribution in [0.15, 0.2) is 24.3 Å². The summed E-state index contributed by atoms with van der Waals surface area (Å²) in [7, 11) is 0. The number of hydrogen-bond donors (Lipinski definition) is 1.